The average Bonchev–Trinajstić information content (AvgIpc) is 3.20. The lowest BCUT2D eigenvalue weighted by molar-refractivity contribution is -0.870. The van der Waals surface area contributed by atoms with Crippen molar-refractivity contribution in [2.45, 2.75) is 200 Å². The maximum Gasteiger partial charge on any atom is 0.472 e. The number of hydrogen-bond donors (Lipinski definition) is 1. The molecule has 0 rings (SSSR count). The summed E-state index contributed by atoms with van der Waals surface area (Å²) in [5.41, 5.74) is 0. The van der Waals surface area contributed by atoms with E-state index in [-0.39, 0.29) is 26.1 Å². The number of carbonyl (C=O) groups is 2. The van der Waals surface area contributed by atoms with Crippen molar-refractivity contribution in [3.05, 3.63) is 60.8 Å². The molecular weight excluding hydrogens is 774 g/mol. The Bertz CT molecular complexity index is 1210. The van der Waals surface area contributed by atoms with Crippen molar-refractivity contribution in [2.75, 3.05) is 47.5 Å². The third-order valence-corrected chi connectivity index (χ3v) is 11.1. The van der Waals surface area contributed by atoms with Crippen LogP contribution in [0.25, 0.3) is 0 Å². The molecule has 0 aromatic heterocycles. The number of quaternary nitrogens is 1. The normalized spacial score (nSPS) is 14.0. The number of ether oxygens (including phenoxy) is 2. The van der Waals surface area contributed by atoms with E-state index < -0.39 is 32.5 Å². The predicted molar refractivity (Wildman–Crippen MR) is 252 cm³/mol. The van der Waals surface area contributed by atoms with Gasteiger partial charge >= 0.3 is 19.8 Å². The molecule has 0 saturated heterocycles. The Morgan fingerprint density at radius 3 is 1.47 bits per heavy atom. The van der Waals surface area contributed by atoms with Crippen LogP contribution in [0.1, 0.15) is 194 Å². The topological polar surface area (TPSA) is 108 Å². The van der Waals surface area contributed by atoms with Crippen molar-refractivity contribution in [1.82, 2.24) is 0 Å². The van der Waals surface area contributed by atoms with Crippen LogP contribution in [-0.2, 0) is 32.7 Å². The number of nitrogens with zero attached hydrogens (tertiary/aromatic N) is 1. The lowest BCUT2D eigenvalue weighted by Crippen LogP contribution is -2.37. The van der Waals surface area contributed by atoms with Crippen LogP contribution in [-0.4, -0.2) is 74.9 Å². The fourth-order valence-electron chi connectivity index (χ4n) is 6.37. The van der Waals surface area contributed by atoms with E-state index in [0.29, 0.717) is 23.9 Å². The van der Waals surface area contributed by atoms with Crippen molar-refractivity contribution < 1.29 is 42.1 Å². The van der Waals surface area contributed by atoms with Crippen molar-refractivity contribution in [1.29, 1.82) is 0 Å². The first-order chi connectivity index (χ1) is 29.0. The van der Waals surface area contributed by atoms with Gasteiger partial charge in [0.2, 0.25) is 0 Å². The Hall–Kier alpha value is -2.29. The Balaban J connectivity index is 4.30. The van der Waals surface area contributed by atoms with Crippen molar-refractivity contribution in [3.8, 4) is 0 Å². The van der Waals surface area contributed by atoms with Gasteiger partial charge in [0.1, 0.15) is 19.8 Å². The fraction of sp³-hybridized carbons (Fsp3) is 0.760. The van der Waals surface area contributed by atoms with Gasteiger partial charge < -0.3 is 18.9 Å². The second kappa shape index (κ2) is 42.0. The Morgan fingerprint density at radius 1 is 0.533 bits per heavy atom. The van der Waals surface area contributed by atoms with Crippen LogP contribution in [0.3, 0.4) is 0 Å². The minimum absolute atomic E-state index is 0.0253. The molecule has 0 spiro atoms. The van der Waals surface area contributed by atoms with Crippen LogP contribution in [0.4, 0.5) is 0 Å². The summed E-state index contributed by atoms with van der Waals surface area (Å²) in [7, 11) is 1.46. The van der Waals surface area contributed by atoms with E-state index in [9.17, 15) is 19.0 Å². The second-order valence-corrected chi connectivity index (χ2v) is 18.7. The molecule has 0 aromatic rings. The smallest absolute Gasteiger partial charge is 0.462 e. The van der Waals surface area contributed by atoms with Crippen LogP contribution >= 0.6 is 7.82 Å². The van der Waals surface area contributed by atoms with Crippen molar-refractivity contribution in [2.24, 2.45) is 0 Å². The summed E-state index contributed by atoms with van der Waals surface area (Å²) in [5.74, 6) is -0.827. The number of esters is 2. The Morgan fingerprint density at radius 2 is 0.967 bits per heavy atom. The minimum atomic E-state index is -4.39. The summed E-state index contributed by atoms with van der Waals surface area (Å²) in [6.45, 7) is 4.26. The molecule has 0 fully saturated rings. The monoisotopic (exact) mass is 865 g/mol. The molecule has 0 aliphatic carbocycles. The summed E-state index contributed by atoms with van der Waals surface area (Å²) >= 11 is 0. The van der Waals surface area contributed by atoms with Crippen LogP contribution < -0.4 is 0 Å². The molecule has 10 heteroatoms. The van der Waals surface area contributed by atoms with Crippen molar-refractivity contribution in [3.63, 3.8) is 0 Å². The maximum atomic E-state index is 12.7. The Kier molecular flexibility index (Phi) is 40.4. The highest BCUT2D eigenvalue weighted by Gasteiger charge is 2.27. The van der Waals surface area contributed by atoms with Crippen LogP contribution in [0.2, 0.25) is 0 Å². The van der Waals surface area contributed by atoms with Crippen LogP contribution in [0, 0.1) is 0 Å². The third kappa shape index (κ3) is 45.2. The molecule has 60 heavy (non-hydrogen) atoms. The first-order valence-corrected chi connectivity index (χ1v) is 25.6. The zero-order valence-corrected chi connectivity index (χ0v) is 40.1. The molecule has 2 atom stereocenters. The molecule has 0 amide bonds. The highest BCUT2D eigenvalue weighted by Crippen LogP contribution is 2.43. The second-order valence-electron chi connectivity index (χ2n) is 17.2. The molecule has 0 aliphatic rings. The molecule has 1 N–H and O–H groups in total. The number of allylic oxidation sites excluding steroid dienone is 10. The minimum Gasteiger partial charge on any atom is -0.462 e. The highest BCUT2D eigenvalue weighted by molar-refractivity contribution is 7.47. The largest absolute Gasteiger partial charge is 0.472 e. The summed E-state index contributed by atoms with van der Waals surface area (Å²) in [5, 5.41) is 0. The SMILES string of the molecule is CC/C=C/C=C/C=C/C=C/CCCCCCCC(=O)OC[C@H](COP(=O)(O)OCC[N+](C)(C)C)OC(=O)CCCCCCCCCCCCC/C=C/CCCCCCCC. The summed E-state index contributed by atoms with van der Waals surface area (Å²) in [4.78, 5) is 35.5. The van der Waals surface area contributed by atoms with Gasteiger partial charge in [-0.2, -0.15) is 0 Å². The quantitative estimate of drug-likeness (QED) is 0.0161. The third-order valence-electron chi connectivity index (χ3n) is 10.1. The van der Waals surface area contributed by atoms with Crippen molar-refractivity contribution >= 4 is 19.8 Å². The summed E-state index contributed by atoms with van der Waals surface area (Å²) in [6.07, 6.45) is 51.3. The van der Waals surface area contributed by atoms with E-state index in [0.717, 1.165) is 57.8 Å². The molecule has 0 bridgehead atoms. The standard InChI is InChI=1S/C50H90NO8P/c1-6-8-10-12-14-16-18-20-22-23-24-25-26-27-29-31-33-35-37-39-41-43-50(53)59-48(47-58-60(54,55)57-45-44-51(3,4)5)46-56-49(52)42-40-38-36-34-32-30-28-21-19-17-15-13-11-9-7-2/h9,11,13,15,17,19-22,28,48H,6-8,10,12,14,16,18,23-27,29-47H2,1-5H3/p+1/b11-9+,15-13+,19-17+,22-20+,28-21+/t48-/m1/s1. The molecule has 348 valence electrons. The highest BCUT2D eigenvalue weighted by atomic mass is 31.2. The number of hydrogen-bond acceptors (Lipinski definition) is 7. The number of likely N-dealkylation sites (N-methyl/N-ethyl adjacent to an activating group) is 1. The van der Waals surface area contributed by atoms with Gasteiger partial charge in [-0.15, -0.1) is 0 Å². The first kappa shape index (κ1) is 57.7. The molecule has 0 heterocycles. The van der Waals surface area contributed by atoms with Gasteiger partial charge in [-0.05, 0) is 57.8 Å². The fourth-order valence-corrected chi connectivity index (χ4v) is 7.11. The Labute approximate surface area is 368 Å². The van der Waals surface area contributed by atoms with E-state index in [4.69, 9.17) is 18.5 Å². The molecule has 9 nitrogen and oxygen atoms in total. The molecule has 0 aromatic carbocycles. The number of phosphoric acid groups is 1. The van der Waals surface area contributed by atoms with Crippen LogP contribution in [0.15, 0.2) is 60.8 Å². The van der Waals surface area contributed by atoms with Gasteiger partial charge in [-0.25, -0.2) is 4.57 Å². The molecular formula is C50H91NO8P+. The lowest BCUT2D eigenvalue weighted by atomic mass is 10.0. The van der Waals surface area contributed by atoms with Gasteiger partial charge in [0.15, 0.2) is 6.10 Å². The number of phosphoric ester groups is 1. The summed E-state index contributed by atoms with van der Waals surface area (Å²) < 4.78 is 34.4. The number of rotatable bonds is 43. The van der Waals surface area contributed by atoms with Gasteiger partial charge in [0.25, 0.3) is 0 Å². The molecule has 0 saturated carbocycles. The summed E-state index contributed by atoms with van der Waals surface area (Å²) in [6, 6.07) is 0. The zero-order valence-electron chi connectivity index (χ0n) is 39.2. The molecule has 1 unspecified atom stereocenters. The predicted octanol–water partition coefficient (Wildman–Crippen LogP) is 14.0. The molecule has 0 aliphatic heterocycles. The average molecular weight is 865 g/mol. The molecule has 0 radical (unpaired) electrons. The van der Waals surface area contributed by atoms with E-state index in [1.165, 1.54) is 96.3 Å². The van der Waals surface area contributed by atoms with Crippen LogP contribution in [0.5, 0.6) is 0 Å². The number of unbranched alkanes of at least 4 members (excludes halogenated alkanes) is 22. The maximum absolute atomic E-state index is 12.7. The van der Waals surface area contributed by atoms with E-state index in [1.54, 1.807) is 0 Å². The van der Waals surface area contributed by atoms with Gasteiger partial charge in [-0.3, -0.25) is 18.6 Å². The lowest BCUT2D eigenvalue weighted by Gasteiger charge is -2.24. The van der Waals surface area contributed by atoms with E-state index >= 15 is 0 Å². The van der Waals surface area contributed by atoms with E-state index in [1.807, 2.05) is 51.5 Å². The van der Waals surface area contributed by atoms with E-state index in [2.05, 4.69) is 44.2 Å². The first-order valence-electron chi connectivity index (χ1n) is 24.1. The zero-order chi connectivity index (χ0) is 44.3. The number of carbonyl (C=O) groups excluding carboxylic acids is 2. The van der Waals surface area contributed by atoms with Gasteiger partial charge in [0.05, 0.1) is 27.7 Å². The van der Waals surface area contributed by atoms with Gasteiger partial charge in [-0.1, -0.05) is 184 Å². The van der Waals surface area contributed by atoms with Gasteiger partial charge in [0, 0.05) is 12.8 Å².